The highest BCUT2D eigenvalue weighted by molar-refractivity contribution is 8.01. The number of rotatable bonds is 9. The molecular weight excluding hydrogens is 378 g/mol. The Morgan fingerprint density at radius 1 is 1.42 bits per heavy atom. The van der Waals surface area contributed by atoms with E-state index in [1.807, 2.05) is 0 Å². The molecule has 0 radical (unpaired) electrons. The molecule has 0 saturated heterocycles. The first kappa shape index (κ1) is 19.9. The molecule has 9 nitrogen and oxygen atoms in total. The largest absolute Gasteiger partial charge is 0.494 e. The molecule has 0 unspecified atom stereocenters. The van der Waals surface area contributed by atoms with Crippen molar-refractivity contribution in [1.82, 2.24) is 10.2 Å². The SMILES string of the molecule is COc1cc([N+](=O)[O-])ccc1NC(=O)CSc1nnc(NCC(C)C)s1. The van der Waals surface area contributed by atoms with Gasteiger partial charge in [0.2, 0.25) is 11.0 Å². The van der Waals surface area contributed by atoms with E-state index in [4.69, 9.17) is 4.74 Å². The van der Waals surface area contributed by atoms with Crippen LogP contribution in [0.4, 0.5) is 16.5 Å². The molecule has 0 aliphatic rings. The molecule has 1 heterocycles. The molecule has 0 fully saturated rings. The highest BCUT2D eigenvalue weighted by Gasteiger charge is 2.14. The van der Waals surface area contributed by atoms with Gasteiger partial charge in [-0.15, -0.1) is 10.2 Å². The van der Waals surface area contributed by atoms with E-state index in [9.17, 15) is 14.9 Å². The molecule has 1 aromatic carbocycles. The summed E-state index contributed by atoms with van der Waals surface area (Å²) in [5, 5.41) is 25.4. The second-order valence-corrected chi connectivity index (χ2v) is 7.83. The molecule has 140 valence electrons. The molecule has 1 aromatic heterocycles. The summed E-state index contributed by atoms with van der Waals surface area (Å²) in [4.78, 5) is 22.4. The Morgan fingerprint density at radius 2 is 2.19 bits per heavy atom. The van der Waals surface area contributed by atoms with Crippen molar-refractivity contribution in [1.29, 1.82) is 0 Å². The van der Waals surface area contributed by atoms with Crippen LogP contribution in [0.1, 0.15) is 13.8 Å². The predicted molar refractivity (Wildman–Crippen MR) is 102 cm³/mol. The van der Waals surface area contributed by atoms with Gasteiger partial charge in [-0.05, 0) is 12.0 Å². The highest BCUT2D eigenvalue weighted by atomic mass is 32.2. The molecule has 0 aliphatic heterocycles. The van der Waals surface area contributed by atoms with Crippen molar-refractivity contribution in [3.63, 3.8) is 0 Å². The molecular formula is C15H19N5O4S2. The lowest BCUT2D eigenvalue weighted by atomic mass is 10.2. The number of thioether (sulfide) groups is 1. The van der Waals surface area contributed by atoms with E-state index in [0.29, 0.717) is 15.9 Å². The number of nitrogens with zero attached hydrogens (tertiary/aromatic N) is 3. The molecule has 0 atom stereocenters. The van der Waals surface area contributed by atoms with Gasteiger partial charge in [0.1, 0.15) is 5.75 Å². The average molecular weight is 397 g/mol. The first-order chi connectivity index (χ1) is 12.4. The van der Waals surface area contributed by atoms with E-state index in [-0.39, 0.29) is 23.1 Å². The average Bonchev–Trinajstić information content (AvgIpc) is 3.06. The summed E-state index contributed by atoms with van der Waals surface area (Å²) in [5.74, 6) is 0.596. The first-order valence-corrected chi connectivity index (χ1v) is 9.51. The van der Waals surface area contributed by atoms with Crippen molar-refractivity contribution in [3.8, 4) is 5.75 Å². The smallest absolute Gasteiger partial charge is 0.273 e. The van der Waals surface area contributed by atoms with Crippen molar-refractivity contribution in [3.05, 3.63) is 28.3 Å². The van der Waals surface area contributed by atoms with Crippen molar-refractivity contribution in [2.75, 3.05) is 30.0 Å². The molecule has 1 amide bonds. The third kappa shape index (κ3) is 5.85. The second-order valence-electron chi connectivity index (χ2n) is 5.63. The number of benzene rings is 1. The fraction of sp³-hybridized carbons (Fsp3) is 0.400. The normalized spacial score (nSPS) is 10.6. The number of ether oxygens (including phenoxy) is 1. The van der Waals surface area contributed by atoms with Crippen LogP contribution in [-0.4, -0.2) is 40.4 Å². The summed E-state index contributed by atoms with van der Waals surface area (Å²) in [5.41, 5.74) is 0.268. The maximum Gasteiger partial charge on any atom is 0.273 e. The van der Waals surface area contributed by atoms with E-state index in [1.54, 1.807) is 0 Å². The number of non-ortho nitro benzene ring substituents is 1. The van der Waals surface area contributed by atoms with Gasteiger partial charge in [-0.1, -0.05) is 36.9 Å². The Bertz CT molecular complexity index is 781. The summed E-state index contributed by atoms with van der Waals surface area (Å²) in [7, 11) is 1.39. The zero-order valence-electron chi connectivity index (χ0n) is 14.5. The van der Waals surface area contributed by atoms with Crippen LogP contribution < -0.4 is 15.4 Å². The quantitative estimate of drug-likeness (QED) is 0.376. The molecule has 11 heteroatoms. The molecule has 2 aromatic rings. The van der Waals surface area contributed by atoms with Crippen molar-refractivity contribution < 1.29 is 14.5 Å². The Hall–Kier alpha value is -2.40. The molecule has 0 bridgehead atoms. The van der Waals surface area contributed by atoms with Crippen molar-refractivity contribution >= 4 is 45.5 Å². The maximum absolute atomic E-state index is 12.1. The molecule has 2 N–H and O–H groups in total. The van der Waals surface area contributed by atoms with Crippen molar-refractivity contribution in [2.24, 2.45) is 5.92 Å². The number of anilines is 2. The van der Waals surface area contributed by atoms with Gasteiger partial charge in [-0.3, -0.25) is 14.9 Å². The minimum Gasteiger partial charge on any atom is -0.494 e. The number of nitro groups is 1. The van der Waals surface area contributed by atoms with Gasteiger partial charge in [-0.25, -0.2) is 0 Å². The number of carbonyl (C=O) groups excluding carboxylic acids is 1. The third-order valence-electron chi connectivity index (χ3n) is 3.06. The van der Waals surface area contributed by atoms with Crippen LogP contribution in [0.5, 0.6) is 5.75 Å². The van der Waals surface area contributed by atoms with Gasteiger partial charge < -0.3 is 15.4 Å². The monoisotopic (exact) mass is 397 g/mol. The number of nitro benzene ring substituents is 1. The first-order valence-electron chi connectivity index (χ1n) is 7.71. The second kappa shape index (κ2) is 9.34. The van der Waals surface area contributed by atoms with Gasteiger partial charge in [0.25, 0.3) is 5.69 Å². The fourth-order valence-electron chi connectivity index (χ4n) is 1.84. The van der Waals surface area contributed by atoms with Crippen LogP contribution in [0, 0.1) is 16.0 Å². The van der Waals surface area contributed by atoms with Crippen LogP contribution in [0.15, 0.2) is 22.5 Å². The van der Waals surface area contributed by atoms with Crippen LogP contribution >= 0.6 is 23.1 Å². The topological polar surface area (TPSA) is 119 Å². The summed E-state index contributed by atoms with van der Waals surface area (Å²) < 4.78 is 5.78. The van der Waals surface area contributed by atoms with Gasteiger partial charge in [0, 0.05) is 12.6 Å². The van der Waals surface area contributed by atoms with Crippen LogP contribution in [0.2, 0.25) is 0 Å². The number of carbonyl (C=O) groups is 1. The Labute approximate surface area is 158 Å². The third-order valence-corrected chi connectivity index (χ3v) is 5.08. The summed E-state index contributed by atoms with van der Waals surface area (Å²) in [6.45, 7) is 5.00. The van der Waals surface area contributed by atoms with Gasteiger partial charge in [0.15, 0.2) is 4.34 Å². The minimum absolute atomic E-state index is 0.107. The fourth-order valence-corrected chi connectivity index (χ4v) is 3.40. The Kier molecular flexibility index (Phi) is 7.16. The van der Waals surface area contributed by atoms with Crippen LogP contribution in [0.25, 0.3) is 0 Å². The maximum atomic E-state index is 12.1. The van der Waals surface area contributed by atoms with E-state index < -0.39 is 4.92 Å². The molecule has 0 aliphatic carbocycles. The number of hydrogen-bond donors (Lipinski definition) is 2. The van der Waals surface area contributed by atoms with Gasteiger partial charge in [-0.2, -0.15) is 0 Å². The van der Waals surface area contributed by atoms with Crippen LogP contribution in [-0.2, 0) is 4.79 Å². The van der Waals surface area contributed by atoms with E-state index in [1.165, 1.54) is 48.4 Å². The Morgan fingerprint density at radius 3 is 2.85 bits per heavy atom. The number of methoxy groups -OCH3 is 1. The lowest BCUT2D eigenvalue weighted by Crippen LogP contribution is -2.14. The highest BCUT2D eigenvalue weighted by Crippen LogP contribution is 2.30. The summed E-state index contributed by atoms with van der Waals surface area (Å²) in [6.07, 6.45) is 0. The van der Waals surface area contributed by atoms with Crippen LogP contribution in [0.3, 0.4) is 0 Å². The minimum atomic E-state index is -0.523. The zero-order chi connectivity index (χ0) is 19.1. The summed E-state index contributed by atoms with van der Waals surface area (Å²) >= 11 is 2.65. The molecule has 2 rings (SSSR count). The van der Waals surface area contributed by atoms with E-state index >= 15 is 0 Å². The molecule has 26 heavy (non-hydrogen) atoms. The summed E-state index contributed by atoms with van der Waals surface area (Å²) in [6, 6.07) is 4.02. The number of aromatic nitrogens is 2. The lowest BCUT2D eigenvalue weighted by molar-refractivity contribution is -0.384. The standard InChI is InChI=1S/C15H19N5O4S2/c1-9(2)7-16-14-18-19-15(26-14)25-8-13(21)17-11-5-4-10(20(22)23)6-12(11)24-3/h4-6,9H,7-8H2,1-3H3,(H,16,18)(H,17,21). The zero-order valence-corrected chi connectivity index (χ0v) is 16.1. The molecule has 0 spiro atoms. The van der Waals surface area contributed by atoms with Crippen molar-refractivity contribution in [2.45, 2.75) is 18.2 Å². The van der Waals surface area contributed by atoms with E-state index in [2.05, 4.69) is 34.7 Å². The number of nitrogens with one attached hydrogen (secondary N) is 2. The Balaban J connectivity index is 1.90. The van der Waals surface area contributed by atoms with Gasteiger partial charge in [0.05, 0.1) is 29.5 Å². The van der Waals surface area contributed by atoms with Gasteiger partial charge >= 0.3 is 0 Å². The van der Waals surface area contributed by atoms with E-state index in [0.717, 1.165) is 11.7 Å². The number of amides is 1. The lowest BCUT2D eigenvalue weighted by Gasteiger charge is -2.09. The molecule has 0 saturated carbocycles. The predicted octanol–water partition coefficient (Wildman–Crippen LogP) is 3.25. The number of hydrogen-bond acceptors (Lipinski definition) is 9.